The van der Waals surface area contributed by atoms with Crippen LogP contribution in [0.5, 0.6) is 0 Å². The van der Waals surface area contributed by atoms with Gasteiger partial charge in [0.25, 0.3) is 0 Å². The van der Waals surface area contributed by atoms with Crippen molar-refractivity contribution in [1.82, 2.24) is 20.1 Å². The number of nitrogens with zero attached hydrogens (tertiary/aromatic N) is 3. The number of rotatable bonds is 9. The van der Waals surface area contributed by atoms with E-state index in [-0.39, 0.29) is 0 Å². The highest BCUT2D eigenvalue weighted by Gasteiger charge is 2.12. The van der Waals surface area contributed by atoms with E-state index in [2.05, 4.69) is 36.2 Å². The van der Waals surface area contributed by atoms with Crippen molar-refractivity contribution in [2.45, 2.75) is 65.5 Å². The average Bonchev–Trinajstić information content (AvgIpc) is 2.77. The lowest BCUT2D eigenvalue weighted by atomic mass is 10.1. The SMILES string of the molecule is CCCCCC(Cc1ncnn1CC)NCC. The van der Waals surface area contributed by atoms with Gasteiger partial charge in [0.05, 0.1) is 0 Å². The molecule has 0 aromatic carbocycles. The Morgan fingerprint density at radius 1 is 1.29 bits per heavy atom. The monoisotopic (exact) mass is 238 g/mol. The molecule has 1 unspecified atom stereocenters. The third kappa shape index (κ3) is 4.86. The maximum absolute atomic E-state index is 4.35. The summed E-state index contributed by atoms with van der Waals surface area (Å²) in [5.41, 5.74) is 0. The molecule has 0 fully saturated rings. The Morgan fingerprint density at radius 2 is 2.12 bits per heavy atom. The molecule has 0 radical (unpaired) electrons. The lowest BCUT2D eigenvalue weighted by molar-refractivity contribution is 0.447. The van der Waals surface area contributed by atoms with Crippen LogP contribution < -0.4 is 5.32 Å². The number of hydrogen-bond donors (Lipinski definition) is 1. The maximum atomic E-state index is 4.35. The van der Waals surface area contributed by atoms with Crippen LogP contribution in [-0.4, -0.2) is 27.4 Å². The summed E-state index contributed by atoms with van der Waals surface area (Å²) in [6.45, 7) is 8.45. The Kier molecular flexibility index (Phi) is 6.86. The van der Waals surface area contributed by atoms with Crippen LogP contribution in [0.3, 0.4) is 0 Å². The van der Waals surface area contributed by atoms with Crippen LogP contribution in [0, 0.1) is 0 Å². The van der Waals surface area contributed by atoms with Crippen molar-refractivity contribution >= 4 is 0 Å². The minimum Gasteiger partial charge on any atom is -0.314 e. The predicted octanol–water partition coefficient (Wildman–Crippen LogP) is 2.40. The van der Waals surface area contributed by atoms with Gasteiger partial charge in [0.1, 0.15) is 12.2 Å². The van der Waals surface area contributed by atoms with Gasteiger partial charge in [-0.15, -0.1) is 0 Å². The van der Waals surface area contributed by atoms with Gasteiger partial charge in [0, 0.05) is 19.0 Å². The summed E-state index contributed by atoms with van der Waals surface area (Å²) >= 11 is 0. The Labute approximate surface area is 105 Å². The molecule has 98 valence electrons. The first-order valence-corrected chi connectivity index (χ1v) is 6.91. The Hall–Kier alpha value is -0.900. The summed E-state index contributed by atoms with van der Waals surface area (Å²) in [7, 11) is 0. The van der Waals surface area contributed by atoms with Gasteiger partial charge in [-0.1, -0.05) is 33.1 Å². The third-order valence-electron chi connectivity index (χ3n) is 3.07. The van der Waals surface area contributed by atoms with E-state index >= 15 is 0 Å². The third-order valence-corrected chi connectivity index (χ3v) is 3.07. The highest BCUT2D eigenvalue weighted by atomic mass is 15.3. The maximum Gasteiger partial charge on any atom is 0.138 e. The van der Waals surface area contributed by atoms with E-state index in [0.29, 0.717) is 6.04 Å². The molecule has 1 rings (SSSR count). The molecule has 4 nitrogen and oxygen atoms in total. The van der Waals surface area contributed by atoms with Crippen molar-refractivity contribution < 1.29 is 0 Å². The van der Waals surface area contributed by atoms with E-state index in [0.717, 1.165) is 25.3 Å². The van der Waals surface area contributed by atoms with E-state index in [1.165, 1.54) is 25.7 Å². The van der Waals surface area contributed by atoms with Gasteiger partial charge in [-0.25, -0.2) is 4.98 Å². The zero-order chi connectivity index (χ0) is 12.5. The molecule has 0 bridgehead atoms. The van der Waals surface area contributed by atoms with Gasteiger partial charge in [0.2, 0.25) is 0 Å². The normalized spacial score (nSPS) is 12.9. The van der Waals surface area contributed by atoms with Crippen molar-refractivity contribution in [2.75, 3.05) is 6.54 Å². The smallest absolute Gasteiger partial charge is 0.138 e. The second kappa shape index (κ2) is 8.23. The topological polar surface area (TPSA) is 42.7 Å². The highest BCUT2D eigenvalue weighted by molar-refractivity contribution is 4.89. The molecule has 0 saturated carbocycles. The Balaban J connectivity index is 2.47. The first-order valence-electron chi connectivity index (χ1n) is 6.91. The van der Waals surface area contributed by atoms with Crippen LogP contribution in [0.4, 0.5) is 0 Å². The van der Waals surface area contributed by atoms with Crippen molar-refractivity contribution in [1.29, 1.82) is 0 Å². The van der Waals surface area contributed by atoms with Crippen LogP contribution in [0.25, 0.3) is 0 Å². The average molecular weight is 238 g/mol. The molecule has 0 saturated heterocycles. The molecule has 1 atom stereocenters. The van der Waals surface area contributed by atoms with Crippen LogP contribution in [0.2, 0.25) is 0 Å². The van der Waals surface area contributed by atoms with Gasteiger partial charge in [-0.05, 0) is 19.9 Å². The number of unbranched alkanes of at least 4 members (excludes halogenated alkanes) is 2. The number of nitrogens with one attached hydrogen (secondary N) is 1. The van der Waals surface area contributed by atoms with Crippen molar-refractivity contribution in [3.63, 3.8) is 0 Å². The molecule has 1 aromatic rings. The summed E-state index contributed by atoms with van der Waals surface area (Å²) < 4.78 is 1.99. The lowest BCUT2D eigenvalue weighted by Crippen LogP contribution is -2.32. The lowest BCUT2D eigenvalue weighted by Gasteiger charge is -2.17. The predicted molar refractivity (Wildman–Crippen MR) is 71.0 cm³/mol. The van der Waals surface area contributed by atoms with Gasteiger partial charge in [0.15, 0.2) is 0 Å². The van der Waals surface area contributed by atoms with E-state index in [9.17, 15) is 0 Å². The number of hydrogen-bond acceptors (Lipinski definition) is 3. The fourth-order valence-corrected chi connectivity index (χ4v) is 2.14. The first kappa shape index (κ1) is 14.2. The molecule has 0 aliphatic heterocycles. The van der Waals surface area contributed by atoms with Crippen molar-refractivity contribution in [2.24, 2.45) is 0 Å². The molecule has 1 aromatic heterocycles. The summed E-state index contributed by atoms with van der Waals surface area (Å²) in [6, 6.07) is 0.543. The van der Waals surface area contributed by atoms with Crippen LogP contribution in [0.15, 0.2) is 6.33 Å². The van der Waals surface area contributed by atoms with E-state index in [4.69, 9.17) is 0 Å². The molecular formula is C13H26N4. The molecule has 0 spiro atoms. The van der Waals surface area contributed by atoms with Crippen LogP contribution in [-0.2, 0) is 13.0 Å². The Morgan fingerprint density at radius 3 is 2.76 bits per heavy atom. The molecule has 4 heteroatoms. The molecule has 0 aliphatic rings. The zero-order valence-electron chi connectivity index (χ0n) is 11.4. The highest BCUT2D eigenvalue weighted by Crippen LogP contribution is 2.08. The number of likely N-dealkylation sites (N-methyl/N-ethyl adjacent to an activating group) is 1. The molecular weight excluding hydrogens is 212 g/mol. The van der Waals surface area contributed by atoms with E-state index in [1.807, 2.05) is 4.68 Å². The summed E-state index contributed by atoms with van der Waals surface area (Å²) in [4.78, 5) is 4.35. The molecule has 1 N–H and O–H groups in total. The summed E-state index contributed by atoms with van der Waals surface area (Å²) in [6.07, 6.45) is 7.79. The van der Waals surface area contributed by atoms with Crippen molar-refractivity contribution in [3.8, 4) is 0 Å². The molecule has 17 heavy (non-hydrogen) atoms. The van der Waals surface area contributed by atoms with Gasteiger partial charge < -0.3 is 5.32 Å². The molecule has 0 amide bonds. The largest absolute Gasteiger partial charge is 0.314 e. The van der Waals surface area contributed by atoms with Crippen LogP contribution >= 0.6 is 0 Å². The van der Waals surface area contributed by atoms with E-state index < -0.39 is 0 Å². The van der Waals surface area contributed by atoms with E-state index in [1.54, 1.807) is 6.33 Å². The summed E-state index contributed by atoms with van der Waals surface area (Å²) in [5.74, 6) is 1.11. The zero-order valence-corrected chi connectivity index (χ0v) is 11.4. The van der Waals surface area contributed by atoms with Gasteiger partial charge in [-0.3, -0.25) is 4.68 Å². The molecule has 1 heterocycles. The summed E-state index contributed by atoms with van der Waals surface area (Å²) in [5, 5.41) is 7.77. The second-order valence-corrected chi connectivity index (χ2v) is 4.45. The van der Waals surface area contributed by atoms with Gasteiger partial charge in [-0.2, -0.15) is 5.10 Å². The fourth-order valence-electron chi connectivity index (χ4n) is 2.14. The first-order chi connectivity index (χ1) is 8.31. The van der Waals surface area contributed by atoms with Gasteiger partial charge >= 0.3 is 0 Å². The quantitative estimate of drug-likeness (QED) is 0.672. The minimum atomic E-state index is 0.543. The number of aryl methyl sites for hydroxylation is 1. The number of aromatic nitrogens is 3. The minimum absolute atomic E-state index is 0.543. The van der Waals surface area contributed by atoms with Crippen LogP contribution in [0.1, 0.15) is 52.3 Å². The molecule has 0 aliphatic carbocycles. The Bertz CT molecular complexity index is 295. The standard InChI is InChI=1S/C13H26N4/c1-4-7-8-9-12(14-5-2)10-13-15-11-16-17(13)6-3/h11-12,14H,4-10H2,1-3H3. The fraction of sp³-hybridized carbons (Fsp3) is 0.846. The van der Waals surface area contributed by atoms with Crippen molar-refractivity contribution in [3.05, 3.63) is 12.2 Å². The second-order valence-electron chi connectivity index (χ2n) is 4.45.